The number of nitrogens with zero attached hydrogens (tertiary/aromatic N) is 2. The SMILES string of the molecule is COC(=O)C(C)C(=O)N1CC=C(c2cc(CC(=O)C3CC3)nc3c2C=CC3)C(C)C1. The van der Waals surface area contributed by atoms with Crippen LogP contribution in [-0.2, 0) is 32.0 Å². The lowest BCUT2D eigenvalue weighted by Crippen LogP contribution is -2.43. The molecule has 158 valence electrons. The summed E-state index contributed by atoms with van der Waals surface area (Å²) in [4.78, 5) is 43.2. The van der Waals surface area contributed by atoms with Gasteiger partial charge in [-0.2, -0.15) is 0 Å². The number of hydrogen-bond donors (Lipinski definition) is 0. The fourth-order valence-corrected chi connectivity index (χ4v) is 4.37. The maximum Gasteiger partial charge on any atom is 0.317 e. The Morgan fingerprint density at radius 1 is 1.30 bits per heavy atom. The van der Waals surface area contributed by atoms with Gasteiger partial charge in [0.05, 0.1) is 12.8 Å². The van der Waals surface area contributed by atoms with E-state index in [1.54, 1.807) is 11.8 Å². The van der Waals surface area contributed by atoms with Gasteiger partial charge < -0.3 is 9.64 Å². The lowest BCUT2D eigenvalue weighted by atomic mass is 9.87. The highest BCUT2D eigenvalue weighted by Crippen LogP contribution is 2.36. The van der Waals surface area contributed by atoms with Gasteiger partial charge in [-0.15, -0.1) is 0 Å². The van der Waals surface area contributed by atoms with Crippen LogP contribution in [0.25, 0.3) is 11.6 Å². The number of ether oxygens (including phenoxy) is 1. The molecule has 2 atom stereocenters. The molecule has 0 bridgehead atoms. The summed E-state index contributed by atoms with van der Waals surface area (Å²) in [5, 5.41) is 0. The Kier molecular flexibility index (Phi) is 5.58. The third-order valence-corrected chi connectivity index (χ3v) is 6.28. The van der Waals surface area contributed by atoms with Crippen LogP contribution in [0.5, 0.6) is 0 Å². The van der Waals surface area contributed by atoms with Crippen molar-refractivity contribution in [1.82, 2.24) is 9.88 Å². The van der Waals surface area contributed by atoms with Gasteiger partial charge in [0.1, 0.15) is 11.7 Å². The molecule has 1 amide bonds. The van der Waals surface area contributed by atoms with Crippen LogP contribution in [0.3, 0.4) is 0 Å². The number of rotatable bonds is 6. The van der Waals surface area contributed by atoms with Gasteiger partial charge in [-0.3, -0.25) is 19.4 Å². The molecule has 1 aliphatic heterocycles. The quantitative estimate of drug-likeness (QED) is 0.534. The predicted molar refractivity (Wildman–Crippen MR) is 113 cm³/mol. The van der Waals surface area contributed by atoms with Crippen molar-refractivity contribution in [2.45, 2.75) is 39.5 Å². The summed E-state index contributed by atoms with van der Waals surface area (Å²) in [6, 6.07) is 2.06. The molecule has 2 unspecified atom stereocenters. The number of ketones is 1. The number of hydrogen-bond acceptors (Lipinski definition) is 5. The molecular formula is C24H28N2O4. The second-order valence-electron chi connectivity index (χ2n) is 8.59. The summed E-state index contributed by atoms with van der Waals surface area (Å²) in [5.41, 5.74) is 5.29. The number of carbonyl (C=O) groups excluding carboxylic acids is 3. The lowest BCUT2D eigenvalue weighted by molar-refractivity contribution is -0.152. The van der Waals surface area contributed by atoms with E-state index < -0.39 is 11.9 Å². The molecule has 0 saturated heterocycles. The highest BCUT2D eigenvalue weighted by Gasteiger charge is 2.32. The van der Waals surface area contributed by atoms with Crippen molar-refractivity contribution in [2.75, 3.05) is 20.2 Å². The normalized spacial score (nSPS) is 21.1. The maximum atomic E-state index is 12.7. The number of Topliss-reactive ketones (excluding diaryl/α,β-unsaturated/α-hetero) is 1. The van der Waals surface area contributed by atoms with E-state index in [0.29, 0.717) is 25.3 Å². The van der Waals surface area contributed by atoms with Crippen LogP contribution in [0, 0.1) is 17.8 Å². The molecule has 2 aliphatic carbocycles. The van der Waals surface area contributed by atoms with Gasteiger partial charge in [-0.25, -0.2) is 0 Å². The zero-order valence-electron chi connectivity index (χ0n) is 17.8. The lowest BCUT2D eigenvalue weighted by Gasteiger charge is -2.33. The van der Waals surface area contributed by atoms with E-state index in [9.17, 15) is 14.4 Å². The van der Waals surface area contributed by atoms with Crippen LogP contribution in [-0.4, -0.2) is 47.7 Å². The Morgan fingerprint density at radius 2 is 2.07 bits per heavy atom. The average Bonchev–Trinajstić information content (AvgIpc) is 3.49. The molecule has 2 heterocycles. The number of carbonyl (C=O) groups is 3. The van der Waals surface area contributed by atoms with E-state index in [2.05, 4.69) is 31.2 Å². The molecular weight excluding hydrogens is 380 g/mol. The summed E-state index contributed by atoms with van der Waals surface area (Å²) in [6.07, 6.45) is 9.49. The Hall–Kier alpha value is -2.76. The summed E-state index contributed by atoms with van der Waals surface area (Å²) in [5.74, 6) is -0.890. The molecule has 0 N–H and O–H groups in total. The Morgan fingerprint density at radius 3 is 2.73 bits per heavy atom. The molecule has 1 fully saturated rings. The van der Waals surface area contributed by atoms with Crippen LogP contribution in [0.15, 0.2) is 18.2 Å². The molecule has 30 heavy (non-hydrogen) atoms. The summed E-state index contributed by atoms with van der Waals surface area (Å²) in [7, 11) is 1.30. The van der Waals surface area contributed by atoms with E-state index in [-0.39, 0.29) is 17.7 Å². The first-order valence-electron chi connectivity index (χ1n) is 10.7. The first-order chi connectivity index (χ1) is 14.4. The smallest absolute Gasteiger partial charge is 0.317 e. The van der Waals surface area contributed by atoms with Crippen LogP contribution in [0.4, 0.5) is 0 Å². The molecule has 1 aromatic heterocycles. The number of fused-ring (bicyclic) bond motifs is 1. The first kappa shape index (κ1) is 20.5. The number of methoxy groups -OCH3 is 1. The second-order valence-corrected chi connectivity index (χ2v) is 8.59. The molecule has 3 aliphatic rings. The van der Waals surface area contributed by atoms with Crippen LogP contribution in [0.2, 0.25) is 0 Å². The topological polar surface area (TPSA) is 76.6 Å². The maximum absolute atomic E-state index is 12.7. The van der Waals surface area contributed by atoms with Crippen molar-refractivity contribution < 1.29 is 19.1 Å². The standard InChI is InChI=1S/C24H28N2O4/c1-14-13-26(23(28)15(2)24(29)30-3)10-9-18(14)20-11-17(12-22(27)16-7-8-16)25-21-6-4-5-19(20)21/h4-5,9,11,14-16H,6-8,10,12-13H2,1-3H3. The largest absolute Gasteiger partial charge is 0.468 e. The first-order valence-corrected chi connectivity index (χ1v) is 10.7. The van der Waals surface area contributed by atoms with Crippen molar-refractivity contribution in [2.24, 2.45) is 17.8 Å². The number of allylic oxidation sites excluding steroid dienone is 1. The van der Waals surface area contributed by atoms with Gasteiger partial charge in [-0.05, 0) is 42.9 Å². The zero-order valence-corrected chi connectivity index (χ0v) is 17.8. The number of aromatic nitrogens is 1. The molecule has 6 nitrogen and oxygen atoms in total. The fraction of sp³-hybridized carbons (Fsp3) is 0.500. The van der Waals surface area contributed by atoms with Crippen LogP contribution < -0.4 is 0 Å². The van der Waals surface area contributed by atoms with Crippen molar-refractivity contribution in [3.63, 3.8) is 0 Å². The minimum Gasteiger partial charge on any atom is -0.468 e. The van der Waals surface area contributed by atoms with E-state index in [1.807, 2.05) is 0 Å². The third-order valence-electron chi connectivity index (χ3n) is 6.28. The monoisotopic (exact) mass is 408 g/mol. The van der Waals surface area contributed by atoms with Gasteiger partial charge in [0.15, 0.2) is 0 Å². The van der Waals surface area contributed by atoms with E-state index >= 15 is 0 Å². The minimum absolute atomic E-state index is 0.111. The fourth-order valence-electron chi connectivity index (χ4n) is 4.37. The minimum atomic E-state index is -0.801. The van der Waals surface area contributed by atoms with Gasteiger partial charge >= 0.3 is 5.97 Å². The summed E-state index contributed by atoms with van der Waals surface area (Å²) in [6.45, 7) is 4.68. The van der Waals surface area contributed by atoms with Crippen LogP contribution >= 0.6 is 0 Å². The van der Waals surface area contributed by atoms with Gasteiger partial charge in [-0.1, -0.05) is 25.2 Å². The zero-order chi connectivity index (χ0) is 21.4. The van der Waals surface area contributed by atoms with Crippen molar-refractivity contribution >= 4 is 29.3 Å². The molecule has 1 saturated carbocycles. The third kappa shape index (κ3) is 3.95. The molecule has 0 radical (unpaired) electrons. The second kappa shape index (κ2) is 8.17. The average molecular weight is 408 g/mol. The van der Waals surface area contributed by atoms with Crippen molar-refractivity contribution in [3.05, 3.63) is 40.7 Å². The van der Waals surface area contributed by atoms with Gasteiger partial charge in [0.25, 0.3) is 0 Å². The van der Waals surface area contributed by atoms with Crippen LogP contribution in [0.1, 0.15) is 49.2 Å². The predicted octanol–water partition coefficient (Wildman–Crippen LogP) is 2.84. The van der Waals surface area contributed by atoms with E-state index in [0.717, 1.165) is 41.8 Å². The summed E-state index contributed by atoms with van der Waals surface area (Å²) >= 11 is 0. The van der Waals surface area contributed by atoms with E-state index in [1.165, 1.54) is 12.7 Å². The Labute approximate surface area is 177 Å². The Bertz CT molecular complexity index is 958. The number of esters is 1. The molecule has 4 rings (SSSR count). The number of amides is 1. The van der Waals surface area contributed by atoms with Gasteiger partial charge in [0.2, 0.25) is 5.91 Å². The molecule has 6 heteroatoms. The Balaban J connectivity index is 1.59. The molecule has 0 spiro atoms. The summed E-state index contributed by atoms with van der Waals surface area (Å²) < 4.78 is 4.71. The van der Waals surface area contributed by atoms with E-state index in [4.69, 9.17) is 9.72 Å². The van der Waals surface area contributed by atoms with Gasteiger partial charge in [0, 0.05) is 43.1 Å². The highest BCUT2D eigenvalue weighted by molar-refractivity contribution is 5.97. The number of pyridine rings is 1. The van der Waals surface area contributed by atoms with Crippen molar-refractivity contribution in [1.29, 1.82) is 0 Å². The van der Waals surface area contributed by atoms with Crippen molar-refractivity contribution in [3.8, 4) is 0 Å². The highest BCUT2D eigenvalue weighted by atomic mass is 16.5. The molecule has 1 aromatic rings. The molecule has 0 aromatic carbocycles.